The van der Waals surface area contributed by atoms with Gasteiger partial charge >= 0.3 is 5.97 Å². The summed E-state index contributed by atoms with van der Waals surface area (Å²) in [7, 11) is 0. The smallest absolute Gasteiger partial charge is 0.313 e. The molecule has 0 amide bonds. The molecule has 18 unspecified atom stereocenters. The first-order valence-electron chi connectivity index (χ1n) is 20.3. The van der Waals surface area contributed by atoms with Crippen molar-refractivity contribution in [1.82, 2.24) is 0 Å². The van der Waals surface area contributed by atoms with Gasteiger partial charge in [0.25, 0.3) is 0 Å². The molecular formula is C41H66O14. The first-order chi connectivity index (χ1) is 25.6. The van der Waals surface area contributed by atoms with Crippen molar-refractivity contribution in [2.45, 2.75) is 174 Å². The number of Topliss-reactive ketones (excluding diaryl/α,β-unsaturated/α-hetero) is 1. The van der Waals surface area contributed by atoms with Crippen molar-refractivity contribution >= 4 is 11.8 Å². The average Bonchev–Trinajstić information content (AvgIpc) is 3.12. The number of aliphatic carboxylic acids is 1. The summed E-state index contributed by atoms with van der Waals surface area (Å²) in [6.07, 6.45) is -6.83. The lowest BCUT2D eigenvalue weighted by molar-refractivity contribution is -0.357. The second-order valence-corrected chi connectivity index (χ2v) is 19.3. The molecule has 2 saturated heterocycles. The van der Waals surface area contributed by atoms with Gasteiger partial charge in [-0.3, -0.25) is 9.59 Å². The summed E-state index contributed by atoms with van der Waals surface area (Å²) in [4.78, 5) is 24.9. The number of carbonyl (C=O) groups excluding carboxylic acids is 1. The Kier molecular flexibility index (Phi) is 11.9. The van der Waals surface area contributed by atoms with Crippen molar-refractivity contribution in [3.63, 3.8) is 0 Å². The number of hydrogen-bond acceptors (Lipinski definition) is 13. The van der Waals surface area contributed by atoms with E-state index in [1.54, 1.807) is 0 Å². The number of ketones is 1. The van der Waals surface area contributed by atoms with Crippen LogP contribution in [0.5, 0.6) is 0 Å². The van der Waals surface area contributed by atoms with Crippen LogP contribution in [0.2, 0.25) is 0 Å². The summed E-state index contributed by atoms with van der Waals surface area (Å²) in [5.41, 5.74) is -1.52. The molecule has 0 aromatic heterocycles. The van der Waals surface area contributed by atoms with Crippen LogP contribution in [0.25, 0.3) is 0 Å². The molecule has 6 aliphatic rings. The van der Waals surface area contributed by atoms with E-state index in [4.69, 9.17) is 18.9 Å². The minimum atomic E-state index is -1.71. The molecule has 2 aliphatic heterocycles. The van der Waals surface area contributed by atoms with Gasteiger partial charge in [-0.2, -0.15) is 0 Å². The maximum absolute atomic E-state index is 12.9. The van der Waals surface area contributed by atoms with Crippen molar-refractivity contribution in [3.8, 4) is 0 Å². The highest BCUT2D eigenvalue weighted by molar-refractivity contribution is 5.79. The number of hydrogen-bond donors (Lipinski definition) is 8. The predicted octanol–water partition coefficient (Wildman–Crippen LogP) is 2.06. The Morgan fingerprint density at radius 3 is 2.20 bits per heavy atom. The summed E-state index contributed by atoms with van der Waals surface area (Å²) < 4.78 is 23.7. The van der Waals surface area contributed by atoms with Gasteiger partial charge in [0.05, 0.1) is 30.8 Å². The van der Waals surface area contributed by atoms with E-state index in [1.807, 2.05) is 13.0 Å². The van der Waals surface area contributed by atoms with Gasteiger partial charge in [-0.25, -0.2) is 0 Å². The standard InChI is InChI=1S/C41H66O14/c1-20(21(2)43)8-13-41(36(50)51)15-14-39(6)22(17-41)23(44)16-27-38(5)11-10-28(37(3,4)26(38)9-12-40(27,39)7)54-34-32(49)33(24(45)19-52-34)55-35-31(48)30(47)29(46)25(18-42)53-35/h17,20,23-35,42,44-49H,8-16,18-19H2,1-7H3,(H,50,51). The molecule has 18 atom stereocenters. The van der Waals surface area contributed by atoms with Gasteiger partial charge in [0.2, 0.25) is 0 Å². The summed E-state index contributed by atoms with van der Waals surface area (Å²) in [6.45, 7) is 13.7. The molecule has 14 heteroatoms. The maximum Gasteiger partial charge on any atom is 0.313 e. The lowest BCUT2D eigenvalue weighted by Crippen LogP contribution is -2.66. The third-order valence-electron chi connectivity index (χ3n) is 16.2. The van der Waals surface area contributed by atoms with E-state index < -0.39 is 90.2 Å². The highest BCUT2D eigenvalue weighted by Gasteiger charge is 2.69. The number of aliphatic hydroxyl groups excluding tert-OH is 7. The van der Waals surface area contributed by atoms with Crippen LogP contribution in [0.4, 0.5) is 0 Å². The molecule has 2 heterocycles. The summed E-state index contributed by atoms with van der Waals surface area (Å²) in [5.74, 6) is -0.790. The Morgan fingerprint density at radius 2 is 1.56 bits per heavy atom. The fraction of sp³-hybridized carbons (Fsp3) is 0.902. The monoisotopic (exact) mass is 782 g/mol. The number of aliphatic hydroxyl groups is 7. The molecule has 5 fully saturated rings. The molecule has 0 radical (unpaired) electrons. The van der Waals surface area contributed by atoms with Gasteiger partial charge in [-0.15, -0.1) is 0 Å². The minimum absolute atomic E-state index is 0.0428. The largest absolute Gasteiger partial charge is 0.481 e. The topological polar surface area (TPSA) is 233 Å². The predicted molar refractivity (Wildman–Crippen MR) is 196 cm³/mol. The van der Waals surface area contributed by atoms with Crippen LogP contribution < -0.4 is 0 Å². The third-order valence-corrected chi connectivity index (χ3v) is 16.2. The maximum atomic E-state index is 12.9. The average molecular weight is 783 g/mol. The number of carboxylic acid groups (broad SMARTS) is 1. The fourth-order valence-electron chi connectivity index (χ4n) is 12.2. The molecule has 0 spiro atoms. The van der Waals surface area contributed by atoms with E-state index in [9.17, 15) is 50.4 Å². The zero-order valence-electron chi connectivity index (χ0n) is 33.5. The lowest BCUT2D eigenvalue weighted by Gasteiger charge is -2.71. The van der Waals surface area contributed by atoms with Crippen molar-refractivity contribution in [1.29, 1.82) is 0 Å². The summed E-state index contributed by atoms with van der Waals surface area (Å²) in [6, 6.07) is 0. The molecule has 6 rings (SSSR count). The van der Waals surface area contributed by atoms with Gasteiger partial charge in [0.15, 0.2) is 12.6 Å². The third kappa shape index (κ3) is 6.96. The van der Waals surface area contributed by atoms with Gasteiger partial charge in [-0.1, -0.05) is 47.6 Å². The van der Waals surface area contributed by atoms with Crippen LogP contribution in [0, 0.1) is 44.8 Å². The number of carboxylic acids is 1. The lowest BCUT2D eigenvalue weighted by atomic mass is 9.34. The molecule has 55 heavy (non-hydrogen) atoms. The van der Waals surface area contributed by atoms with Crippen molar-refractivity contribution in [2.75, 3.05) is 13.2 Å². The molecule has 314 valence electrons. The Hall–Kier alpha value is -1.56. The van der Waals surface area contributed by atoms with E-state index in [2.05, 4.69) is 34.6 Å². The molecule has 3 saturated carbocycles. The summed E-state index contributed by atoms with van der Waals surface area (Å²) >= 11 is 0. The van der Waals surface area contributed by atoms with Gasteiger partial charge in [0, 0.05) is 5.92 Å². The number of carbonyl (C=O) groups is 2. The quantitative estimate of drug-likeness (QED) is 0.117. The van der Waals surface area contributed by atoms with E-state index in [0.717, 1.165) is 24.8 Å². The van der Waals surface area contributed by atoms with Gasteiger partial charge in [-0.05, 0) is 104 Å². The van der Waals surface area contributed by atoms with E-state index >= 15 is 0 Å². The van der Waals surface area contributed by atoms with Crippen molar-refractivity contribution in [3.05, 3.63) is 11.6 Å². The van der Waals surface area contributed by atoms with Crippen LogP contribution in [0.1, 0.15) is 106 Å². The number of rotatable bonds is 10. The Bertz CT molecular complexity index is 1470. The summed E-state index contributed by atoms with van der Waals surface area (Å²) in [5, 5.41) is 85.3. The van der Waals surface area contributed by atoms with Crippen LogP contribution in [-0.4, -0.2) is 133 Å². The number of fused-ring (bicyclic) bond motifs is 5. The van der Waals surface area contributed by atoms with Crippen molar-refractivity contribution in [2.24, 2.45) is 44.8 Å². The van der Waals surface area contributed by atoms with Crippen LogP contribution in [0.15, 0.2) is 11.6 Å². The Labute approximate surface area is 324 Å². The SMILES string of the molecule is CC(=O)C(C)CCC1(C(=O)O)C=C2C(O)CC3C4(C)CCC(OC5OCC(O)C(OC6OC(CO)C(O)C(O)C6O)C5O)C(C)(C)C4CCC3(C)C2(C)CC1. The zero-order valence-corrected chi connectivity index (χ0v) is 33.5. The van der Waals surface area contributed by atoms with Gasteiger partial charge < -0.3 is 59.8 Å². The first kappa shape index (κ1) is 43.0. The van der Waals surface area contributed by atoms with Crippen molar-refractivity contribution < 1.29 is 69.4 Å². The molecule has 0 aromatic rings. The first-order valence-corrected chi connectivity index (χ1v) is 20.3. The molecule has 0 aromatic carbocycles. The highest BCUT2D eigenvalue weighted by atomic mass is 16.7. The van der Waals surface area contributed by atoms with E-state index in [1.165, 1.54) is 6.92 Å². The normalized spacial score (nSPS) is 50.1. The second-order valence-electron chi connectivity index (χ2n) is 19.3. The second kappa shape index (κ2) is 15.2. The van der Waals surface area contributed by atoms with E-state index in [-0.39, 0.29) is 47.1 Å². The minimum Gasteiger partial charge on any atom is -0.481 e. The molecule has 14 nitrogen and oxygen atoms in total. The van der Waals surface area contributed by atoms with E-state index in [0.29, 0.717) is 38.5 Å². The van der Waals surface area contributed by atoms with Gasteiger partial charge in [0.1, 0.15) is 48.5 Å². The number of ether oxygens (including phenoxy) is 4. The molecule has 4 aliphatic carbocycles. The Morgan fingerprint density at radius 1 is 0.873 bits per heavy atom. The molecule has 0 bridgehead atoms. The van der Waals surface area contributed by atoms with Crippen LogP contribution in [-0.2, 0) is 28.5 Å². The fourth-order valence-corrected chi connectivity index (χ4v) is 12.2. The molecule has 8 N–H and O–H groups in total. The molecular weight excluding hydrogens is 716 g/mol. The highest BCUT2D eigenvalue weighted by Crippen LogP contribution is 2.74. The van der Waals surface area contributed by atoms with Crippen LogP contribution >= 0.6 is 0 Å². The Balaban J connectivity index is 1.19. The zero-order chi connectivity index (χ0) is 40.6. The van der Waals surface area contributed by atoms with Crippen LogP contribution in [0.3, 0.4) is 0 Å².